The number of benzene rings is 1. The smallest absolute Gasteiger partial charge is 0.146 e. The zero-order chi connectivity index (χ0) is 11.5. The summed E-state index contributed by atoms with van der Waals surface area (Å²) in [6.45, 7) is 4.70. The van der Waals surface area contributed by atoms with Gasteiger partial charge in [-0.3, -0.25) is 4.99 Å². The number of nitrogens with two attached hydrogens (primary N) is 1. The Labute approximate surface area is 95.5 Å². The maximum absolute atomic E-state index is 5.72. The number of nitrogens with one attached hydrogen (secondary N) is 1. The minimum absolute atomic E-state index is 0.314. The molecule has 0 saturated heterocycles. The highest BCUT2D eigenvalue weighted by molar-refractivity contribution is 6.00. The summed E-state index contributed by atoms with van der Waals surface area (Å²) in [5.41, 5.74) is 7.34. The molecule has 3 N–H and O–H groups in total. The van der Waals surface area contributed by atoms with Gasteiger partial charge in [-0.05, 0) is 31.5 Å². The number of hydrogen-bond donors (Lipinski definition) is 2. The largest absolute Gasteiger partial charge is 0.484 e. The molecule has 0 spiro atoms. The van der Waals surface area contributed by atoms with Crippen LogP contribution in [0, 0.1) is 0 Å². The highest BCUT2D eigenvalue weighted by Crippen LogP contribution is 2.29. The molecule has 1 aromatic rings. The zero-order valence-electron chi connectivity index (χ0n) is 9.66. The van der Waals surface area contributed by atoms with Gasteiger partial charge in [-0.15, -0.1) is 0 Å². The molecule has 1 aromatic carbocycles. The van der Waals surface area contributed by atoms with E-state index in [0.717, 1.165) is 29.4 Å². The molecule has 0 radical (unpaired) electrons. The lowest BCUT2D eigenvalue weighted by Crippen LogP contribution is -2.27. The van der Waals surface area contributed by atoms with Crippen LogP contribution in [0.1, 0.15) is 20.3 Å². The summed E-state index contributed by atoms with van der Waals surface area (Å²) in [5.74, 6) is 1.70. The minimum Gasteiger partial charge on any atom is -0.484 e. The molecular formula is C12H17N3O. The molecule has 1 aliphatic rings. The minimum atomic E-state index is 0.314. The number of nitrogen functional groups attached to an aromatic ring is 1. The molecule has 0 bridgehead atoms. The molecular weight excluding hydrogens is 202 g/mol. The number of ether oxygens (including phenoxy) is 1. The Bertz CT molecular complexity index is 415. The van der Waals surface area contributed by atoms with Crippen molar-refractivity contribution in [1.29, 1.82) is 0 Å². The predicted molar refractivity (Wildman–Crippen MR) is 67.2 cm³/mol. The fourth-order valence-corrected chi connectivity index (χ4v) is 1.54. The van der Waals surface area contributed by atoms with Gasteiger partial charge >= 0.3 is 0 Å². The van der Waals surface area contributed by atoms with Crippen LogP contribution in [-0.2, 0) is 0 Å². The third kappa shape index (κ3) is 2.27. The van der Waals surface area contributed by atoms with Crippen LogP contribution in [0.2, 0.25) is 0 Å². The van der Waals surface area contributed by atoms with E-state index in [4.69, 9.17) is 10.5 Å². The Morgan fingerprint density at radius 1 is 1.56 bits per heavy atom. The van der Waals surface area contributed by atoms with Gasteiger partial charge in [-0.1, -0.05) is 6.92 Å². The molecule has 1 aliphatic heterocycles. The summed E-state index contributed by atoms with van der Waals surface area (Å²) in [6, 6.07) is 5.88. The van der Waals surface area contributed by atoms with Crippen LogP contribution in [0.15, 0.2) is 23.2 Å². The predicted octanol–water partition coefficient (Wildman–Crippen LogP) is 2.27. The van der Waals surface area contributed by atoms with Crippen molar-refractivity contribution in [2.75, 3.05) is 17.7 Å². The normalized spacial score (nSPS) is 18.5. The molecule has 0 amide bonds. The second-order valence-electron chi connectivity index (χ2n) is 4.00. The lowest BCUT2D eigenvalue weighted by atomic mass is 10.2. The number of fused-ring (bicyclic) bond motifs is 1. The first-order valence-electron chi connectivity index (χ1n) is 5.55. The fraction of sp³-hybridized carbons (Fsp3) is 0.417. The summed E-state index contributed by atoms with van der Waals surface area (Å²) in [4.78, 5) is 4.52. The Kier molecular flexibility index (Phi) is 2.99. The van der Waals surface area contributed by atoms with E-state index in [9.17, 15) is 0 Å². The van der Waals surface area contributed by atoms with Crippen LogP contribution in [-0.4, -0.2) is 18.5 Å². The second kappa shape index (κ2) is 4.43. The van der Waals surface area contributed by atoms with E-state index in [0.29, 0.717) is 12.6 Å². The molecule has 0 aliphatic carbocycles. The van der Waals surface area contributed by atoms with Gasteiger partial charge in [-0.25, -0.2) is 0 Å². The Balaban J connectivity index is 2.19. The quantitative estimate of drug-likeness (QED) is 0.750. The lowest BCUT2D eigenvalue weighted by molar-refractivity contribution is 0.371. The van der Waals surface area contributed by atoms with Crippen LogP contribution in [0.5, 0.6) is 5.75 Å². The molecule has 0 saturated carbocycles. The van der Waals surface area contributed by atoms with E-state index in [1.807, 2.05) is 18.2 Å². The van der Waals surface area contributed by atoms with Crippen molar-refractivity contribution >= 4 is 17.2 Å². The monoisotopic (exact) mass is 219 g/mol. The number of hydrogen-bond acceptors (Lipinski definition) is 3. The van der Waals surface area contributed by atoms with Crippen LogP contribution < -0.4 is 15.8 Å². The summed E-state index contributed by atoms with van der Waals surface area (Å²) >= 11 is 0. The first-order valence-corrected chi connectivity index (χ1v) is 5.55. The topological polar surface area (TPSA) is 59.6 Å². The number of aliphatic imine (C=N–C) groups is 1. The van der Waals surface area contributed by atoms with E-state index in [2.05, 4.69) is 24.2 Å². The zero-order valence-corrected chi connectivity index (χ0v) is 9.66. The van der Waals surface area contributed by atoms with Gasteiger partial charge in [0.2, 0.25) is 0 Å². The third-order valence-electron chi connectivity index (χ3n) is 2.61. The van der Waals surface area contributed by atoms with E-state index in [1.54, 1.807) is 0 Å². The van der Waals surface area contributed by atoms with E-state index < -0.39 is 0 Å². The van der Waals surface area contributed by atoms with Gasteiger partial charge < -0.3 is 15.8 Å². The van der Waals surface area contributed by atoms with Crippen molar-refractivity contribution in [2.45, 2.75) is 26.3 Å². The first-order chi connectivity index (χ1) is 7.69. The van der Waals surface area contributed by atoms with E-state index >= 15 is 0 Å². The Morgan fingerprint density at radius 3 is 3.12 bits per heavy atom. The molecule has 1 unspecified atom stereocenters. The van der Waals surface area contributed by atoms with Crippen molar-refractivity contribution < 1.29 is 4.74 Å². The van der Waals surface area contributed by atoms with Gasteiger partial charge in [0.25, 0.3) is 0 Å². The highest BCUT2D eigenvalue weighted by Gasteiger charge is 2.14. The molecule has 2 rings (SSSR count). The van der Waals surface area contributed by atoms with Crippen molar-refractivity contribution in [2.24, 2.45) is 4.99 Å². The summed E-state index contributed by atoms with van der Waals surface area (Å²) in [7, 11) is 0. The average molecular weight is 219 g/mol. The molecule has 1 heterocycles. The van der Waals surface area contributed by atoms with E-state index in [-0.39, 0.29) is 0 Å². The molecule has 0 fully saturated rings. The average Bonchev–Trinajstić information content (AvgIpc) is 2.28. The van der Waals surface area contributed by atoms with Crippen LogP contribution in [0.4, 0.5) is 11.4 Å². The fourth-order valence-electron chi connectivity index (χ4n) is 1.54. The summed E-state index contributed by atoms with van der Waals surface area (Å²) < 4.78 is 5.59. The number of rotatable bonds is 2. The Hall–Kier alpha value is -1.71. The van der Waals surface area contributed by atoms with Gasteiger partial charge in [0.05, 0.1) is 5.69 Å². The van der Waals surface area contributed by atoms with Gasteiger partial charge in [0.15, 0.2) is 0 Å². The molecule has 16 heavy (non-hydrogen) atoms. The Morgan fingerprint density at radius 2 is 2.38 bits per heavy atom. The van der Waals surface area contributed by atoms with Gasteiger partial charge in [0, 0.05) is 11.7 Å². The molecule has 1 atom stereocenters. The maximum Gasteiger partial charge on any atom is 0.146 e. The van der Waals surface area contributed by atoms with Crippen molar-refractivity contribution in [3.8, 4) is 5.75 Å². The molecule has 86 valence electrons. The van der Waals surface area contributed by atoms with Crippen LogP contribution >= 0.6 is 0 Å². The summed E-state index contributed by atoms with van der Waals surface area (Å²) in [6.07, 6.45) is 1.02. The third-order valence-corrected chi connectivity index (χ3v) is 2.61. The first kappa shape index (κ1) is 10.8. The molecule has 0 aromatic heterocycles. The standard InChI is InChI=1S/C12H17N3O/c1-3-8(2)14-12-7-16-11-5-4-9(13)6-10(11)15-12/h4-6,8H,3,7,13H2,1-2H3,(H,14,15). The lowest BCUT2D eigenvalue weighted by Gasteiger charge is -2.21. The van der Waals surface area contributed by atoms with E-state index in [1.165, 1.54) is 0 Å². The summed E-state index contributed by atoms with van der Waals surface area (Å²) in [5, 5.41) is 3.25. The number of nitrogens with zero attached hydrogens (tertiary/aromatic N) is 1. The van der Waals surface area contributed by atoms with Crippen molar-refractivity contribution in [3.63, 3.8) is 0 Å². The highest BCUT2D eigenvalue weighted by atomic mass is 16.5. The molecule has 4 nitrogen and oxygen atoms in total. The van der Waals surface area contributed by atoms with Crippen molar-refractivity contribution in [1.82, 2.24) is 0 Å². The number of anilines is 2. The van der Waals surface area contributed by atoms with Gasteiger partial charge in [0.1, 0.15) is 18.2 Å². The number of amidine groups is 1. The van der Waals surface area contributed by atoms with Crippen LogP contribution in [0.25, 0.3) is 0 Å². The van der Waals surface area contributed by atoms with Crippen molar-refractivity contribution in [3.05, 3.63) is 18.2 Å². The maximum atomic E-state index is 5.72. The SMILES string of the molecule is CCC(C)N=C1COc2ccc(N)cc2N1. The second-order valence-corrected chi connectivity index (χ2v) is 4.00. The van der Waals surface area contributed by atoms with Crippen LogP contribution in [0.3, 0.4) is 0 Å². The molecule has 4 heteroatoms. The van der Waals surface area contributed by atoms with Gasteiger partial charge in [-0.2, -0.15) is 0 Å².